The SMILES string of the molecule is O=C(c1cc2nc[nH]c2cc1Cl)N1CCN(Cc2ccccc2)CC1. The van der Waals surface area contributed by atoms with Crippen molar-refractivity contribution >= 4 is 28.5 Å². The summed E-state index contributed by atoms with van der Waals surface area (Å²) in [7, 11) is 0. The molecule has 2 aromatic carbocycles. The third-order valence-corrected chi connectivity index (χ3v) is 4.96. The van der Waals surface area contributed by atoms with E-state index in [9.17, 15) is 4.79 Å². The lowest BCUT2D eigenvalue weighted by molar-refractivity contribution is 0.0629. The third-order valence-electron chi connectivity index (χ3n) is 4.65. The van der Waals surface area contributed by atoms with Crippen LogP contribution < -0.4 is 0 Å². The van der Waals surface area contributed by atoms with Crippen molar-refractivity contribution < 1.29 is 4.79 Å². The summed E-state index contributed by atoms with van der Waals surface area (Å²) in [4.78, 5) is 24.3. The molecule has 1 aromatic heterocycles. The van der Waals surface area contributed by atoms with E-state index in [-0.39, 0.29) is 5.91 Å². The molecule has 1 N–H and O–H groups in total. The van der Waals surface area contributed by atoms with Gasteiger partial charge >= 0.3 is 0 Å². The topological polar surface area (TPSA) is 52.2 Å². The number of aromatic nitrogens is 2. The summed E-state index contributed by atoms with van der Waals surface area (Å²) in [5.74, 6) is -0.0192. The minimum Gasteiger partial charge on any atom is -0.345 e. The van der Waals surface area contributed by atoms with Gasteiger partial charge in [-0.1, -0.05) is 41.9 Å². The molecule has 0 bridgehead atoms. The maximum atomic E-state index is 12.8. The highest BCUT2D eigenvalue weighted by Crippen LogP contribution is 2.24. The van der Waals surface area contributed by atoms with E-state index in [0.29, 0.717) is 23.7 Å². The first-order chi connectivity index (χ1) is 12.2. The van der Waals surface area contributed by atoms with E-state index in [0.717, 1.165) is 30.7 Å². The Morgan fingerprint density at radius 2 is 1.88 bits per heavy atom. The molecule has 2 heterocycles. The molecule has 1 fully saturated rings. The van der Waals surface area contributed by atoms with Crippen LogP contribution in [0.3, 0.4) is 0 Å². The van der Waals surface area contributed by atoms with Crippen molar-refractivity contribution in [3.8, 4) is 0 Å². The maximum Gasteiger partial charge on any atom is 0.255 e. The van der Waals surface area contributed by atoms with Gasteiger partial charge in [-0.05, 0) is 17.7 Å². The number of amides is 1. The van der Waals surface area contributed by atoms with E-state index in [4.69, 9.17) is 11.6 Å². The number of piperazine rings is 1. The average molecular weight is 355 g/mol. The van der Waals surface area contributed by atoms with Gasteiger partial charge in [0.1, 0.15) is 0 Å². The molecule has 0 spiro atoms. The molecule has 0 saturated carbocycles. The lowest BCUT2D eigenvalue weighted by atomic mass is 10.1. The fraction of sp³-hybridized carbons (Fsp3) is 0.263. The molecule has 1 aliphatic rings. The van der Waals surface area contributed by atoms with Crippen molar-refractivity contribution in [2.45, 2.75) is 6.54 Å². The Kier molecular flexibility index (Phi) is 4.42. The van der Waals surface area contributed by atoms with Crippen LogP contribution in [0.4, 0.5) is 0 Å². The Hall–Kier alpha value is -2.37. The van der Waals surface area contributed by atoms with Crippen LogP contribution in [0.5, 0.6) is 0 Å². The predicted octanol–water partition coefficient (Wildman–Crippen LogP) is 3.17. The van der Waals surface area contributed by atoms with E-state index < -0.39 is 0 Å². The van der Waals surface area contributed by atoms with Gasteiger partial charge in [-0.3, -0.25) is 9.69 Å². The van der Waals surface area contributed by atoms with E-state index >= 15 is 0 Å². The zero-order chi connectivity index (χ0) is 17.2. The second-order valence-electron chi connectivity index (χ2n) is 6.31. The Morgan fingerprint density at radius 3 is 2.64 bits per heavy atom. The standard InChI is InChI=1S/C19H19ClN4O/c20-16-11-18-17(21-13-22-18)10-15(16)19(25)24-8-6-23(7-9-24)12-14-4-2-1-3-5-14/h1-5,10-11,13H,6-9,12H2,(H,21,22). The maximum absolute atomic E-state index is 12.8. The van der Waals surface area contributed by atoms with Gasteiger partial charge in [0.15, 0.2) is 0 Å². The summed E-state index contributed by atoms with van der Waals surface area (Å²) in [5.41, 5.74) is 3.43. The molecular weight excluding hydrogens is 336 g/mol. The van der Waals surface area contributed by atoms with Crippen LogP contribution in [0.25, 0.3) is 11.0 Å². The van der Waals surface area contributed by atoms with E-state index in [2.05, 4.69) is 39.1 Å². The second-order valence-corrected chi connectivity index (χ2v) is 6.71. The number of carbonyl (C=O) groups is 1. The minimum atomic E-state index is -0.0192. The fourth-order valence-corrected chi connectivity index (χ4v) is 3.49. The highest BCUT2D eigenvalue weighted by atomic mass is 35.5. The van der Waals surface area contributed by atoms with Crippen LogP contribution in [-0.4, -0.2) is 51.9 Å². The quantitative estimate of drug-likeness (QED) is 0.786. The number of H-pyrrole nitrogens is 1. The van der Waals surface area contributed by atoms with Gasteiger partial charge in [0.2, 0.25) is 0 Å². The number of halogens is 1. The molecule has 1 amide bonds. The van der Waals surface area contributed by atoms with E-state index in [1.807, 2.05) is 11.0 Å². The monoisotopic (exact) mass is 354 g/mol. The van der Waals surface area contributed by atoms with Crippen molar-refractivity contribution in [2.24, 2.45) is 0 Å². The summed E-state index contributed by atoms with van der Waals surface area (Å²) in [5, 5.41) is 0.466. The van der Waals surface area contributed by atoms with Crippen molar-refractivity contribution in [1.29, 1.82) is 0 Å². The third kappa shape index (κ3) is 3.38. The number of nitrogens with one attached hydrogen (secondary N) is 1. The summed E-state index contributed by atoms with van der Waals surface area (Å²) in [6.07, 6.45) is 1.61. The van der Waals surface area contributed by atoms with Gasteiger partial charge < -0.3 is 9.88 Å². The Morgan fingerprint density at radius 1 is 1.12 bits per heavy atom. The fourth-order valence-electron chi connectivity index (χ4n) is 3.24. The summed E-state index contributed by atoms with van der Waals surface area (Å²) in [6, 6.07) is 14.0. The molecule has 6 heteroatoms. The average Bonchev–Trinajstić information content (AvgIpc) is 3.09. The molecule has 0 atom stereocenters. The van der Waals surface area contributed by atoms with Crippen molar-refractivity contribution in [2.75, 3.05) is 26.2 Å². The number of hydrogen-bond donors (Lipinski definition) is 1. The van der Waals surface area contributed by atoms with Gasteiger partial charge in [-0.15, -0.1) is 0 Å². The number of nitrogens with zero attached hydrogens (tertiary/aromatic N) is 3. The van der Waals surface area contributed by atoms with Gasteiger partial charge in [0.25, 0.3) is 5.91 Å². The number of hydrogen-bond acceptors (Lipinski definition) is 3. The Balaban J connectivity index is 1.43. The summed E-state index contributed by atoms with van der Waals surface area (Å²) >= 11 is 6.30. The summed E-state index contributed by atoms with van der Waals surface area (Å²) < 4.78 is 0. The van der Waals surface area contributed by atoms with Crippen LogP contribution in [0.2, 0.25) is 5.02 Å². The van der Waals surface area contributed by atoms with Crippen LogP contribution in [0.1, 0.15) is 15.9 Å². The van der Waals surface area contributed by atoms with Gasteiger partial charge in [-0.2, -0.15) is 0 Å². The molecule has 1 saturated heterocycles. The van der Waals surface area contributed by atoms with Crippen molar-refractivity contribution in [3.05, 3.63) is 64.9 Å². The molecule has 5 nitrogen and oxygen atoms in total. The van der Waals surface area contributed by atoms with Crippen molar-refractivity contribution in [1.82, 2.24) is 19.8 Å². The van der Waals surface area contributed by atoms with Gasteiger partial charge in [0, 0.05) is 32.7 Å². The zero-order valence-corrected chi connectivity index (χ0v) is 14.5. The molecular formula is C19H19ClN4O. The van der Waals surface area contributed by atoms with E-state index in [1.54, 1.807) is 18.5 Å². The molecule has 0 aliphatic carbocycles. The van der Waals surface area contributed by atoms with Crippen LogP contribution >= 0.6 is 11.6 Å². The van der Waals surface area contributed by atoms with E-state index in [1.165, 1.54) is 5.56 Å². The number of fused-ring (bicyclic) bond motifs is 1. The lowest BCUT2D eigenvalue weighted by Gasteiger charge is -2.35. The molecule has 0 unspecified atom stereocenters. The number of benzene rings is 2. The zero-order valence-electron chi connectivity index (χ0n) is 13.8. The first-order valence-electron chi connectivity index (χ1n) is 8.39. The number of rotatable bonds is 3. The minimum absolute atomic E-state index is 0.0192. The highest BCUT2D eigenvalue weighted by molar-refractivity contribution is 6.34. The normalized spacial score (nSPS) is 15.6. The van der Waals surface area contributed by atoms with Crippen LogP contribution in [0, 0.1) is 0 Å². The first-order valence-corrected chi connectivity index (χ1v) is 8.77. The van der Waals surface area contributed by atoms with Crippen LogP contribution in [0.15, 0.2) is 48.8 Å². The molecule has 4 rings (SSSR count). The Bertz CT molecular complexity index is 885. The van der Waals surface area contributed by atoms with Crippen LogP contribution in [-0.2, 0) is 6.54 Å². The second kappa shape index (κ2) is 6.86. The molecule has 0 radical (unpaired) electrons. The Labute approximate surface area is 151 Å². The largest absolute Gasteiger partial charge is 0.345 e. The molecule has 3 aromatic rings. The van der Waals surface area contributed by atoms with Gasteiger partial charge in [-0.25, -0.2) is 4.98 Å². The van der Waals surface area contributed by atoms with Crippen molar-refractivity contribution in [3.63, 3.8) is 0 Å². The number of carbonyl (C=O) groups excluding carboxylic acids is 1. The predicted molar refractivity (Wildman–Crippen MR) is 98.7 cm³/mol. The number of aromatic amines is 1. The smallest absolute Gasteiger partial charge is 0.255 e. The molecule has 1 aliphatic heterocycles. The first kappa shape index (κ1) is 16.1. The lowest BCUT2D eigenvalue weighted by Crippen LogP contribution is -2.48. The highest BCUT2D eigenvalue weighted by Gasteiger charge is 2.24. The molecule has 128 valence electrons. The molecule has 25 heavy (non-hydrogen) atoms. The summed E-state index contributed by atoms with van der Waals surface area (Å²) in [6.45, 7) is 4.07. The number of imidazole rings is 1. The van der Waals surface area contributed by atoms with Gasteiger partial charge in [0.05, 0.1) is 27.9 Å².